The molecule has 1 amide bonds. The van der Waals surface area contributed by atoms with Crippen molar-refractivity contribution < 1.29 is 14.6 Å². The monoisotopic (exact) mass is 263 g/mol. The molecule has 1 unspecified atom stereocenters. The van der Waals surface area contributed by atoms with Crippen LogP contribution in [0.3, 0.4) is 0 Å². The highest BCUT2D eigenvalue weighted by Gasteiger charge is 2.26. The second-order valence-corrected chi connectivity index (χ2v) is 5.06. The third-order valence-corrected chi connectivity index (χ3v) is 3.56. The van der Waals surface area contributed by atoms with Crippen molar-refractivity contribution in [1.29, 1.82) is 0 Å². The molecule has 1 aliphatic carbocycles. The van der Waals surface area contributed by atoms with Gasteiger partial charge < -0.3 is 15.2 Å². The number of carbonyl (C=O) groups is 1. The highest BCUT2D eigenvalue weighted by Crippen LogP contribution is 2.26. The molecule has 1 aromatic carbocycles. The van der Waals surface area contributed by atoms with Crippen molar-refractivity contribution in [2.45, 2.75) is 25.4 Å². The zero-order chi connectivity index (χ0) is 13.7. The van der Waals surface area contributed by atoms with Gasteiger partial charge in [-0.05, 0) is 30.4 Å². The summed E-state index contributed by atoms with van der Waals surface area (Å²) in [4.78, 5) is 12.0. The van der Waals surface area contributed by atoms with Gasteiger partial charge in [0.1, 0.15) is 0 Å². The molecule has 2 N–H and O–H groups in total. The molecule has 19 heavy (non-hydrogen) atoms. The quantitative estimate of drug-likeness (QED) is 0.802. The van der Waals surface area contributed by atoms with Crippen LogP contribution in [-0.2, 0) is 22.4 Å². The van der Waals surface area contributed by atoms with Crippen LogP contribution in [0.5, 0.6) is 0 Å². The number of aliphatic hydroxyl groups excluding tert-OH is 1. The Bertz CT molecular complexity index is 408. The maximum atomic E-state index is 12.0. The van der Waals surface area contributed by atoms with Crippen molar-refractivity contribution in [3.05, 3.63) is 35.4 Å². The van der Waals surface area contributed by atoms with Crippen LogP contribution in [0.4, 0.5) is 0 Å². The lowest BCUT2D eigenvalue weighted by Gasteiger charge is -2.12. The van der Waals surface area contributed by atoms with Gasteiger partial charge in [0.15, 0.2) is 0 Å². The van der Waals surface area contributed by atoms with E-state index in [4.69, 9.17) is 4.74 Å². The first-order valence-electron chi connectivity index (χ1n) is 6.72. The van der Waals surface area contributed by atoms with Crippen LogP contribution in [-0.4, -0.2) is 37.4 Å². The van der Waals surface area contributed by atoms with Gasteiger partial charge in [-0.15, -0.1) is 0 Å². The van der Waals surface area contributed by atoms with Gasteiger partial charge in [0.25, 0.3) is 0 Å². The van der Waals surface area contributed by atoms with E-state index in [1.807, 2.05) is 12.1 Å². The molecule has 0 bridgehead atoms. The van der Waals surface area contributed by atoms with E-state index in [1.165, 1.54) is 11.1 Å². The summed E-state index contributed by atoms with van der Waals surface area (Å²) in [6.07, 6.45) is 1.66. The molecule has 0 saturated carbocycles. The predicted molar refractivity (Wildman–Crippen MR) is 72.8 cm³/mol. The zero-order valence-electron chi connectivity index (χ0n) is 11.3. The maximum absolute atomic E-state index is 12.0. The van der Waals surface area contributed by atoms with E-state index < -0.39 is 6.10 Å². The number of nitrogens with one attached hydrogen (secondary N) is 1. The third-order valence-electron chi connectivity index (χ3n) is 3.56. The minimum absolute atomic E-state index is 0.0389. The molecule has 2 rings (SSSR count). The first-order valence-corrected chi connectivity index (χ1v) is 6.72. The van der Waals surface area contributed by atoms with Crippen LogP contribution in [0.1, 0.15) is 17.5 Å². The molecular formula is C15H21NO3. The summed E-state index contributed by atoms with van der Waals surface area (Å²) in [7, 11) is 1.55. The number of amides is 1. The van der Waals surface area contributed by atoms with E-state index in [0.717, 1.165) is 12.8 Å². The second-order valence-electron chi connectivity index (χ2n) is 5.06. The van der Waals surface area contributed by atoms with Gasteiger partial charge in [-0.2, -0.15) is 0 Å². The van der Waals surface area contributed by atoms with E-state index in [-0.39, 0.29) is 11.8 Å². The van der Waals surface area contributed by atoms with Gasteiger partial charge in [0.2, 0.25) is 5.91 Å². The molecule has 104 valence electrons. The van der Waals surface area contributed by atoms with Crippen LogP contribution in [0.25, 0.3) is 0 Å². The summed E-state index contributed by atoms with van der Waals surface area (Å²) < 4.78 is 4.84. The highest BCUT2D eigenvalue weighted by molar-refractivity contribution is 5.80. The lowest BCUT2D eigenvalue weighted by atomic mass is 10.1. The van der Waals surface area contributed by atoms with Crippen LogP contribution in [0.2, 0.25) is 0 Å². The average molecular weight is 263 g/mol. The smallest absolute Gasteiger partial charge is 0.223 e. The summed E-state index contributed by atoms with van der Waals surface area (Å²) >= 11 is 0. The Labute approximate surface area is 113 Å². The van der Waals surface area contributed by atoms with Crippen LogP contribution < -0.4 is 5.32 Å². The molecule has 1 aromatic rings. The Balaban J connectivity index is 1.74. The van der Waals surface area contributed by atoms with Crippen molar-refractivity contribution in [2.75, 3.05) is 20.3 Å². The van der Waals surface area contributed by atoms with Crippen molar-refractivity contribution in [3.63, 3.8) is 0 Å². The maximum Gasteiger partial charge on any atom is 0.223 e. The zero-order valence-corrected chi connectivity index (χ0v) is 11.3. The minimum Gasteiger partial charge on any atom is -0.391 e. The molecule has 0 aromatic heterocycles. The molecule has 0 spiro atoms. The highest BCUT2D eigenvalue weighted by atomic mass is 16.5. The fraction of sp³-hybridized carbons (Fsp3) is 0.533. The summed E-state index contributed by atoms with van der Waals surface area (Å²) in [5.74, 6) is 0.123. The summed E-state index contributed by atoms with van der Waals surface area (Å²) in [5.41, 5.74) is 2.56. The molecule has 0 heterocycles. The number of fused-ring (bicyclic) bond motifs is 1. The first kappa shape index (κ1) is 14.0. The van der Waals surface area contributed by atoms with E-state index in [0.29, 0.717) is 19.6 Å². The lowest BCUT2D eigenvalue weighted by Crippen LogP contribution is -2.33. The average Bonchev–Trinajstić information content (AvgIpc) is 2.82. The first-order chi connectivity index (χ1) is 9.20. The Hall–Kier alpha value is -1.39. The predicted octanol–water partition coefficient (Wildman–Crippen LogP) is 0.915. The Morgan fingerprint density at radius 2 is 2.05 bits per heavy atom. The van der Waals surface area contributed by atoms with Crippen LogP contribution in [0, 0.1) is 5.92 Å². The van der Waals surface area contributed by atoms with Gasteiger partial charge in [-0.3, -0.25) is 4.79 Å². The van der Waals surface area contributed by atoms with Gasteiger partial charge in [-0.25, -0.2) is 0 Å². The van der Waals surface area contributed by atoms with Gasteiger partial charge in [0.05, 0.1) is 12.7 Å². The largest absolute Gasteiger partial charge is 0.391 e. The number of rotatable bonds is 6. The Kier molecular flexibility index (Phi) is 4.93. The van der Waals surface area contributed by atoms with Crippen molar-refractivity contribution >= 4 is 5.91 Å². The van der Waals surface area contributed by atoms with E-state index in [2.05, 4.69) is 17.4 Å². The van der Waals surface area contributed by atoms with Gasteiger partial charge in [-0.1, -0.05) is 24.3 Å². The molecule has 0 radical (unpaired) electrons. The fourth-order valence-electron chi connectivity index (χ4n) is 2.53. The molecule has 0 fully saturated rings. The number of aliphatic hydroxyl groups is 1. The SMILES string of the molecule is COCC(O)CCNC(=O)C1Cc2ccccc2C1. The topological polar surface area (TPSA) is 58.6 Å². The third kappa shape index (κ3) is 3.78. The molecule has 1 atom stereocenters. The summed E-state index contributed by atoms with van der Waals surface area (Å²) in [6, 6.07) is 8.20. The van der Waals surface area contributed by atoms with Crippen LogP contribution >= 0.6 is 0 Å². The van der Waals surface area contributed by atoms with Gasteiger partial charge in [0, 0.05) is 19.6 Å². The molecular weight excluding hydrogens is 242 g/mol. The Morgan fingerprint density at radius 3 is 2.63 bits per heavy atom. The van der Waals surface area contributed by atoms with E-state index in [1.54, 1.807) is 7.11 Å². The molecule has 4 nitrogen and oxygen atoms in total. The molecule has 0 saturated heterocycles. The van der Waals surface area contributed by atoms with E-state index in [9.17, 15) is 9.90 Å². The number of methoxy groups -OCH3 is 1. The molecule has 0 aliphatic heterocycles. The van der Waals surface area contributed by atoms with Crippen molar-refractivity contribution in [3.8, 4) is 0 Å². The van der Waals surface area contributed by atoms with E-state index >= 15 is 0 Å². The summed E-state index contributed by atoms with van der Waals surface area (Å²) in [5, 5.41) is 12.4. The second kappa shape index (κ2) is 6.68. The van der Waals surface area contributed by atoms with Crippen molar-refractivity contribution in [2.24, 2.45) is 5.92 Å². The fourth-order valence-corrected chi connectivity index (χ4v) is 2.53. The lowest BCUT2D eigenvalue weighted by molar-refractivity contribution is -0.124. The number of hydrogen-bond donors (Lipinski definition) is 2. The number of ether oxygens (including phenoxy) is 1. The van der Waals surface area contributed by atoms with Crippen LogP contribution in [0.15, 0.2) is 24.3 Å². The molecule has 1 aliphatic rings. The Morgan fingerprint density at radius 1 is 1.42 bits per heavy atom. The van der Waals surface area contributed by atoms with Gasteiger partial charge >= 0.3 is 0 Å². The van der Waals surface area contributed by atoms with Crippen molar-refractivity contribution in [1.82, 2.24) is 5.32 Å². The standard InChI is InChI=1S/C15H21NO3/c1-19-10-14(17)6-7-16-15(18)13-8-11-4-2-3-5-12(11)9-13/h2-5,13-14,17H,6-10H2,1H3,(H,16,18). The molecule has 4 heteroatoms. The normalized spacial score (nSPS) is 16.1. The number of carbonyl (C=O) groups excluding carboxylic acids is 1. The summed E-state index contributed by atoms with van der Waals surface area (Å²) in [6.45, 7) is 0.806. The minimum atomic E-state index is -0.508. The number of benzene rings is 1. The number of hydrogen-bond acceptors (Lipinski definition) is 3.